The quantitative estimate of drug-likeness (QED) is 0.167. The average molecular weight is 802 g/mol. The Labute approximate surface area is 366 Å². The molecule has 0 bridgehead atoms. The lowest BCUT2D eigenvalue weighted by Crippen LogP contribution is -2.28. The van der Waals surface area contributed by atoms with Gasteiger partial charge in [-0.2, -0.15) is 0 Å². The molecule has 0 saturated carbocycles. The third-order valence-electron chi connectivity index (χ3n) is 13.5. The molecular weight excluding hydrogens is 763 g/mol. The molecule has 11 aromatic rings. The first-order valence-electron chi connectivity index (χ1n) is 21.8. The first kappa shape index (κ1) is 35.5. The van der Waals surface area contributed by atoms with Crippen LogP contribution in [0.2, 0.25) is 0 Å². The van der Waals surface area contributed by atoms with Crippen LogP contribution in [0.4, 0.5) is 17.1 Å². The Morgan fingerprint density at radius 3 is 1.41 bits per heavy atom. The lowest BCUT2D eigenvalue weighted by molar-refractivity contribution is 0.667. The second-order valence-electron chi connectivity index (χ2n) is 16.7. The molecule has 0 aliphatic heterocycles. The lowest BCUT2D eigenvalue weighted by Gasteiger charge is -2.36. The second-order valence-corrected chi connectivity index (χ2v) is 16.7. The van der Waals surface area contributed by atoms with Gasteiger partial charge < -0.3 is 9.32 Å². The van der Waals surface area contributed by atoms with Crippen molar-refractivity contribution in [1.82, 2.24) is 0 Å². The van der Waals surface area contributed by atoms with E-state index in [1.165, 1.54) is 66.8 Å². The molecule has 1 heterocycles. The summed E-state index contributed by atoms with van der Waals surface area (Å²) in [5.41, 5.74) is 21.4. The monoisotopic (exact) mass is 801 g/mol. The molecule has 0 atom stereocenters. The Morgan fingerprint density at radius 2 is 0.794 bits per heavy atom. The number of furan rings is 1. The molecule has 294 valence electrons. The van der Waals surface area contributed by atoms with E-state index in [4.69, 9.17) is 4.42 Å². The molecule has 0 unspecified atom stereocenters. The van der Waals surface area contributed by atoms with Gasteiger partial charge in [-0.1, -0.05) is 200 Å². The van der Waals surface area contributed by atoms with Crippen LogP contribution >= 0.6 is 0 Å². The Morgan fingerprint density at radius 1 is 0.317 bits per heavy atom. The maximum absolute atomic E-state index is 7.27. The van der Waals surface area contributed by atoms with Crippen LogP contribution in [0.1, 0.15) is 22.3 Å². The van der Waals surface area contributed by atoms with Crippen molar-refractivity contribution in [2.75, 3.05) is 4.90 Å². The van der Waals surface area contributed by atoms with Crippen molar-refractivity contribution in [2.45, 2.75) is 5.41 Å². The predicted molar refractivity (Wildman–Crippen MR) is 261 cm³/mol. The summed E-state index contributed by atoms with van der Waals surface area (Å²) >= 11 is 0. The highest BCUT2D eigenvalue weighted by molar-refractivity contribution is 6.16. The number of nitrogens with zero attached hydrogens (tertiary/aromatic N) is 1. The highest BCUT2D eigenvalue weighted by atomic mass is 16.3. The topological polar surface area (TPSA) is 16.4 Å². The molecule has 2 aliphatic carbocycles. The SMILES string of the molecule is c1ccc(-c2ccc(N(c3ccc(-c4ccccc4)c(-c4ccccc4)c3)c3c4c(cc5c3oc3ccccc35)-c3ccccc3C43c4ccccc4-c4ccccc43)cc2)cc1. The van der Waals surface area contributed by atoms with Crippen LogP contribution in [0, 0.1) is 0 Å². The molecular formula is C61H39NO. The number of hydrogen-bond donors (Lipinski definition) is 0. The van der Waals surface area contributed by atoms with E-state index in [2.05, 4.69) is 241 Å². The molecule has 0 amide bonds. The zero-order valence-corrected chi connectivity index (χ0v) is 34.4. The molecule has 0 fully saturated rings. The van der Waals surface area contributed by atoms with Gasteiger partial charge in [-0.05, 0) is 109 Å². The smallest absolute Gasteiger partial charge is 0.159 e. The van der Waals surface area contributed by atoms with Gasteiger partial charge in [0.2, 0.25) is 0 Å². The molecule has 10 aromatic carbocycles. The van der Waals surface area contributed by atoms with Crippen molar-refractivity contribution in [1.29, 1.82) is 0 Å². The highest BCUT2D eigenvalue weighted by Crippen LogP contribution is 2.67. The minimum absolute atomic E-state index is 0.629. The number of hydrogen-bond acceptors (Lipinski definition) is 2. The van der Waals surface area contributed by atoms with Crippen molar-refractivity contribution >= 4 is 39.0 Å². The summed E-state index contributed by atoms with van der Waals surface area (Å²) in [6.07, 6.45) is 0. The number of benzene rings is 10. The van der Waals surface area contributed by atoms with Crippen molar-refractivity contribution in [3.63, 3.8) is 0 Å². The van der Waals surface area contributed by atoms with E-state index in [0.29, 0.717) is 0 Å². The molecule has 1 aromatic heterocycles. The minimum Gasteiger partial charge on any atom is -0.454 e. The van der Waals surface area contributed by atoms with Crippen LogP contribution in [-0.2, 0) is 5.41 Å². The molecule has 2 nitrogen and oxygen atoms in total. The van der Waals surface area contributed by atoms with E-state index in [1.807, 2.05) is 0 Å². The van der Waals surface area contributed by atoms with E-state index >= 15 is 0 Å². The van der Waals surface area contributed by atoms with Crippen LogP contribution in [0.15, 0.2) is 241 Å². The summed E-state index contributed by atoms with van der Waals surface area (Å²) in [6, 6.07) is 86.4. The van der Waals surface area contributed by atoms with Crippen molar-refractivity contribution in [2.24, 2.45) is 0 Å². The minimum atomic E-state index is -0.629. The first-order chi connectivity index (χ1) is 31.3. The van der Waals surface area contributed by atoms with Crippen molar-refractivity contribution in [3.05, 3.63) is 259 Å². The fourth-order valence-electron chi connectivity index (χ4n) is 10.9. The Bertz CT molecular complexity index is 3500. The third-order valence-corrected chi connectivity index (χ3v) is 13.5. The summed E-state index contributed by atoms with van der Waals surface area (Å²) in [5.74, 6) is 0. The lowest BCUT2D eigenvalue weighted by atomic mass is 9.69. The van der Waals surface area contributed by atoms with Crippen LogP contribution in [0.5, 0.6) is 0 Å². The van der Waals surface area contributed by atoms with Crippen LogP contribution in [0.25, 0.3) is 77.6 Å². The molecule has 0 saturated heterocycles. The summed E-state index contributed by atoms with van der Waals surface area (Å²) in [5, 5.41) is 2.20. The largest absolute Gasteiger partial charge is 0.454 e. The van der Waals surface area contributed by atoms with Crippen LogP contribution in [0.3, 0.4) is 0 Å². The molecule has 13 rings (SSSR count). The summed E-state index contributed by atoms with van der Waals surface area (Å²) in [6.45, 7) is 0. The van der Waals surface area contributed by atoms with Gasteiger partial charge in [-0.15, -0.1) is 0 Å². The zero-order chi connectivity index (χ0) is 41.5. The van der Waals surface area contributed by atoms with E-state index in [1.54, 1.807) is 0 Å². The molecule has 63 heavy (non-hydrogen) atoms. The van der Waals surface area contributed by atoms with Crippen molar-refractivity contribution < 1.29 is 4.42 Å². The van der Waals surface area contributed by atoms with E-state index in [9.17, 15) is 0 Å². The Hall–Kier alpha value is -8.20. The van der Waals surface area contributed by atoms with Gasteiger partial charge in [0.05, 0.1) is 11.1 Å². The maximum Gasteiger partial charge on any atom is 0.159 e. The normalized spacial score (nSPS) is 12.9. The maximum atomic E-state index is 7.27. The number of anilines is 3. The van der Waals surface area contributed by atoms with Crippen molar-refractivity contribution in [3.8, 4) is 55.6 Å². The number of fused-ring (bicyclic) bond motifs is 13. The second kappa shape index (κ2) is 13.9. The number of para-hydroxylation sites is 1. The summed E-state index contributed by atoms with van der Waals surface area (Å²) in [7, 11) is 0. The van der Waals surface area contributed by atoms with Gasteiger partial charge in [0, 0.05) is 27.7 Å². The van der Waals surface area contributed by atoms with Gasteiger partial charge >= 0.3 is 0 Å². The standard InChI is InChI=1S/C61H39NO/c1-4-18-40(19-5-1)41-32-34-44(35-33-41)62(45-36-37-46(42-20-6-2-7-21-42)51(38-45)43-22-8-3-9-23-43)59-58-52(39-53-50-27-13-17-31-57(50)63-60(53)59)49-26-12-16-30-56(49)61(58)54-28-14-10-24-47(54)48-25-11-15-29-55(48)61/h1-39H. The van der Waals surface area contributed by atoms with Gasteiger partial charge in [-0.25, -0.2) is 0 Å². The van der Waals surface area contributed by atoms with E-state index in [0.717, 1.165) is 50.1 Å². The molecule has 0 radical (unpaired) electrons. The Kier molecular flexibility index (Phi) is 7.85. The fraction of sp³-hybridized carbons (Fsp3) is 0.0164. The fourth-order valence-corrected chi connectivity index (χ4v) is 10.9. The highest BCUT2D eigenvalue weighted by Gasteiger charge is 2.54. The summed E-state index contributed by atoms with van der Waals surface area (Å²) in [4.78, 5) is 2.50. The van der Waals surface area contributed by atoms with Gasteiger partial charge in [0.15, 0.2) is 5.58 Å². The van der Waals surface area contributed by atoms with Crippen LogP contribution < -0.4 is 4.90 Å². The molecule has 1 spiro atoms. The number of rotatable bonds is 6. The van der Waals surface area contributed by atoms with Gasteiger partial charge in [0.1, 0.15) is 5.58 Å². The first-order valence-corrected chi connectivity index (χ1v) is 21.8. The van der Waals surface area contributed by atoms with Gasteiger partial charge in [0.25, 0.3) is 0 Å². The van der Waals surface area contributed by atoms with Gasteiger partial charge in [-0.3, -0.25) is 0 Å². The van der Waals surface area contributed by atoms with E-state index in [-0.39, 0.29) is 0 Å². The summed E-state index contributed by atoms with van der Waals surface area (Å²) < 4.78 is 7.27. The molecule has 2 heteroatoms. The van der Waals surface area contributed by atoms with E-state index < -0.39 is 5.41 Å². The molecule has 0 N–H and O–H groups in total. The van der Waals surface area contributed by atoms with Crippen LogP contribution in [-0.4, -0.2) is 0 Å². The Balaban J connectivity index is 1.19. The average Bonchev–Trinajstić information content (AvgIpc) is 3.99. The third kappa shape index (κ3) is 5.19. The predicted octanol–water partition coefficient (Wildman–Crippen LogP) is 16.4. The zero-order valence-electron chi connectivity index (χ0n) is 34.4. The molecule has 2 aliphatic rings.